The van der Waals surface area contributed by atoms with Crippen molar-refractivity contribution in [2.75, 3.05) is 12.4 Å². The standard InChI is InChI=1S/C15H11FN4O3/c1-23-10-4-2-9(3-5-10)19-15-11-6-14(20(21)22)12(16)7-13(11)17-8-18-15/h2-8H,1H3,(H,17,18,19). The molecule has 1 heterocycles. The highest BCUT2D eigenvalue weighted by Crippen LogP contribution is 2.29. The van der Waals surface area contributed by atoms with E-state index in [2.05, 4.69) is 15.3 Å². The summed E-state index contributed by atoms with van der Waals surface area (Å²) >= 11 is 0. The number of nitro groups is 1. The number of ether oxygens (including phenoxy) is 1. The summed E-state index contributed by atoms with van der Waals surface area (Å²) in [7, 11) is 1.56. The lowest BCUT2D eigenvalue weighted by Crippen LogP contribution is -1.99. The van der Waals surface area contributed by atoms with E-state index in [4.69, 9.17) is 4.74 Å². The van der Waals surface area contributed by atoms with Crippen LogP contribution in [0.1, 0.15) is 0 Å². The van der Waals surface area contributed by atoms with Crippen LogP contribution in [0.4, 0.5) is 21.6 Å². The molecule has 1 aromatic heterocycles. The van der Waals surface area contributed by atoms with E-state index in [-0.39, 0.29) is 5.52 Å². The molecule has 0 amide bonds. The van der Waals surface area contributed by atoms with E-state index in [0.717, 1.165) is 12.1 Å². The Morgan fingerprint density at radius 3 is 2.61 bits per heavy atom. The summed E-state index contributed by atoms with van der Waals surface area (Å²) < 4.78 is 18.8. The van der Waals surface area contributed by atoms with Crippen LogP contribution >= 0.6 is 0 Å². The number of fused-ring (bicyclic) bond motifs is 1. The Kier molecular flexibility index (Phi) is 3.71. The van der Waals surface area contributed by atoms with E-state index < -0.39 is 16.4 Å². The lowest BCUT2D eigenvalue weighted by Gasteiger charge is -2.09. The normalized spacial score (nSPS) is 10.5. The molecule has 0 saturated carbocycles. The molecule has 0 aliphatic rings. The molecule has 3 aromatic rings. The maximum atomic E-state index is 13.7. The maximum absolute atomic E-state index is 13.7. The van der Waals surface area contributed by atoms with Gasteiger partial charge in [-0.15, -0.1) is 0 Å². The van der Waals surface area contributed by atoms with Crippen molar-refractivity contribution in [3.63, 3.8) is 0 Å². The summed E-state index contributed by atoms with van der Waals surface area (Å²) in [6.07, 6.45) is 1.26. The summed E-state index contributed by atoms with van der Waals surface area (Å²) in [6, 6.07) is 9.20. The smallest absolute Gasteiger partial charge is 0.305 e. The Bertz CT molecular complexity index is 884. The van der Waals surface area contributed by atoms with Gasteiger partial charge in [-0.3, -0.25) is 10.1 Å². The number of nitro benzene ring substituents is 1. The number of methoxy groups -OCH3 is 1. The first-order chi connectivity index (χ1) is 11.1. The molecular weight excluding hydrogens is 303 g/mol. The Labute approximate surface area is 129 Å². The largest absolute Gasteiger partial charge is 0.497 e. The van der Waals surface area contributed by atoms with E-state index in [0.29, 0.717) is 22.6 Å². The van der Waals surface area contributed by atoms with E-state index >= 15 is 0 Å². The minimum absolute atomic E-state index is 0.277. The number of hydrogen-bond acceptors (Lipinski definition) is 6. The first-order valence-electron chi connectivity index (χ1n) is 6.58. The molecule has 116 valence electrons. The van der Waals surface area contributed by atoms with E-state index in [9.17, 15) is 14.5 Å². The molecule has 0 spiro atoms. The van der Waals surface area contributed by atoms with Crippen molar-refractivity contribution in [1.29, 1.82) is 0 Å². The van der Waals surface area contributed by atoms with Gasteiger partial charge in [-0.1, -0.05) is 0 Å². The third-order valence-electron chi connectivity index (χ3n) is 3.25. The van der Waals surface area contributed by atoms with Crippen molar-refractivity contribution in [3.05, 3.63) is 58.7 Å². The summed E-state index contributed by atoms with van der Waals surface area (Å²) in [5.41, 5.74) is 0.363. The number of halogens is 1. The van der Waals surface area contributed by atoms with Crippen molar-refractivity contribution in [1.82, 2.24) is 9.97 Å². The second kappa shape index (κ2) is 5.84. The zero-order valence-corrected chi connectivity index (χ0v) is 12.0. The van der Waals surface area contributed by atoms with Crippen molar-refractivity contribution < 1.29 is 14.1 Å². The Morgan fingerprint density at radius 2 is 1.96 bits per heavy atom. The SMILES string of the molecule is COc1ccc(Nc2ncnc3cc(F)c([N+](=O)[O-])cc23)cc1. The summed E-state index contributed by atoms with van der Waals surface area (Å²) in [4.78, 5) is 18.1. The van der Waals surface area contributed by atoms with Crippen LogP contribution in [0, 0.1) is 15.9 Å². The van der Waals surface area contributed by atoms with E-state index in [1.54, 1.807) is 31.4 Å². The number of rotatable bonds is 4. The van der Waals surface area contributed by atoms with Gasteiger partial charge < -0.3 is 10.1 Å². The maximum Gasteiger partial charge on any atom is 0.305 e. The quantitative estimate of drug-likeness (QED) is 0.586. The monoisotopic (exact) mass is 314 g/mol. The lowest BCUT2D eigenvalue weighted by molar-refractivity contribution is -0.387. The van der Waals surface area contributed by atoms with Crippen molar-refractivity contribution in [2.24, 2.45) is 0 Å². The summed E-state index contributed by atoms with van der Waals surface area (Å²) in [5.74, 6) is 0.112. The zero-order valence-electron chi connectivity index (χ0n) is 12.0. The fourth-order valence-corrected chi connectivity index (χ4v) is 2.12. The first-order valence-corrected chi connectivity index (χ1v) is 6.58. The second-order valence-electron chi connectivity index (χ2n) is 4.65. The van der Waals surface area contributed by atoms with Crippen LogP contribution in [0.2, 0.25) is 0 Å². The minimum atomic E-state index is -0.934. The average molecular weight is 314 g/mol. The number of hydrogen-bond donors (Lipinski definition) is 1. The highest BCUT2D eigenvalue weighted by atomic mass is 19.1. The Hall–Kier alpha value is -3.29. The van der Waals surface area contributed by atoms with Crippen molar-refractivity contribution in [2.45, 2.75) is 0 Å². The number of nitrogens with one attached hydrogen (secondary N) is 1. The molecule has 3 rings (SSSR count). The fourth-order valence-electron chi connectivity index (χ4n) is 2.12. The molecule has 8 heteroatoms. The molecule has 23 heavy (non-hydrogen) atoms. The molecule has 1 N–H and O–H groups in total. The van der Waals surface area contributed by atoms with E-state index in [1.807, 2.05) is 0 Å². The van der Waals surface area contributed by atoms with Gasteiger partial charge >= 0.3 is 5.69 Å². The number of aromatic nitrogens is 2. The zero-order chi connectivity index (χ0) is 16.4. The molecular formula is C15H11FN4O3. The van der Waals surface area contributed by atoms with Gasteiger partial charge in [0, 0.05) is 17.8 Å². The van der Waals surface area contributed by atoms with Gasteiger partial charge in [0.2, 0.25) is 5.82 Å². The minimum Gasteiger partial charge on any atom is -0.497 e. The van der Waals surface area contributed by atoms with Crippen LogP contribution in [0.5, 0.6) is 5.75 Å². The molecule has 0 aliphatic heterocycles. The molecule has 0 saturated heterocycles. The van der Waals surface area contributed by atoms with Gasteiger partial charge in [0.25, 0.3) is 0 Å². The van der Waals surface area contributed by atoms with Crippen LogP contribution in [-0.2, 0) is 0 Å². The first kappa shape index (κ1) is 14.6. The van der Waals surface area contributed by atoms with Gasteiger partial charge in [0.05, 0.1) is 22.9 Å². The van der Waals surface area contributed by atoms with Crippen LogP contribution < -0.4 is 10.1 Å². The third-order valence-corrected chi connectivity index (χ3v) is 3.25. The molecule has 0 aliphatic carbocycles. The van der Waals surface area contributed by atoms with Crippen LogP contribution in [0.15, 0.2) is 42.7 Å². The predicted molar refractivity (Wildman–Crippen MR) is 82.4 cm³/mol. The highest BCUT2D eigenvalue weighted by Gasteiger charge is 2.17. The molecule has 0 fully saturated rings. The molecule has 2 aromatic carbocycles. The predicted octanol–water partition coefficient (Wildman–Crippen LogP) is 3.43. The lowest BCUT2D eigenvalue weighted by atomic mass is 10.2. The topological polar surface area (TPSA) is 90.2 Å². The number of nitrogens with zero attached hydrogens (tertiary/aromatic N) is 3. The Balaban J connectivity index is 2.05. The molecule has 0 unspecified atom stereocenters. The van der Waals surface area contributed by atoms with Gasteiger partial charge in [-0.2, -0.15) is 4.39 Å². The van der Waals surface area contributed by atoms with Crippen LogP contribution in [-0.4, -0.2) is 22.0 Å². The van der Waals surface area contributed by atoms with Crippen molar-refractivity contribution in [3.8, 4) is 5.75 Å². The van der Waals surface area contributed by atoms with Gasteiger partial charge in [0.1, 0.15) is 17.9 Å². The summed E-state index contributed by atoms with van der Waals surface area (Å²) in [5, 5.41) is 14.3. The van der Waals surface area contributed by atoms with Crippen LogP contribution in [0.25, 0.3) is 10.9 Å². The number of benzene rings is 2. The fraction of sp³-hybridized carbons (Fsp3) is 0.0667. The molecule has 0 radical (unpaired) electrons. The average Bonchev–Trinajstić information content (AvgIpc) is 2.55. The Morgan fingerprint density at radius 1 is 1.22 bits per heavy atom. The van der Waals surface area contributed by atoms with Gasteiger partial charge in [-0.05, 0) is 24.3 Å². The van der Waals surface area contributed by atoms with Crippen LogP contribution in [0.3, 0.4) is 0 Å². The molecule has 0 atom stereocenters. The highest BCUT2D eigenvalue weighted by molar-refractivity contribution is 5.92. The van der Waals surface area contributed by atoms with E-state index in [1.165, 1.54) is 6.33 Å². The van der Waals surface area contributed by atoms with Gasteiger partial charge in [-0.25, -0.2) is 9.97 Å². The third kappa shape index (κ3) is 2.86. The summed E-state index contributed by atoms with van der Waals surface area (Å²) in [6.45, 7) is 0. The van der Waals surface area contributed by atoms with Gasteiger partial charge in [0.15, 0.2) is 0 Å². The molecule has 0 bridgehead atoms. The number of anilines is 2. The second-order valence-corrected chi connectivity index (χ2v) is 4.65. The molecule has 7 nitrogen and oxygen atoms in total. The van der Waals surface area contributed by atoms with Crippen molar-refractivity contribution >= 4 is 28.1 Å².